The van der Waals surface area contributed by atoms with Crippen molar-refractivity contribution in [2.75, 3.05) is 27.2 Å². The maximum absolute atomic E-state index is 6.22. The van der Waals surface area contributed by atoms with Gasteiger partial charge < -0.3 is 21.6 Å². The first-order chi connectivity index (χ1) is 10.4. The number of likely N-dealkylation sites (N-methyl/N-ethyl adjacent to an activating group) is 1. The van der Waals surface area contributed by atoms with Gasteiger partial charge in [-0.1, -0.05) is 53.0 Å². The summed E-state index contributed by atoms with van der Waals surface area (Å²) in [7, 11) is 4.30. The molecule has 6 heteroatoms. The second-order valence-corrected chi connectivity index (χ2v) is 7.08. The molecule has 0 unspecified atom stereocenters. The fraction of sp³-hybridized carbons (Fsp3) is 0.294. The highest BCUT2D eigenvalue weighted by molar-refractivity contribution is 6.35. The van der Waals surface area contributed by atoms with Gasteiger partial charge in [-0.2, -0.15) is 0 Å². The molecule has 2 aromatic rings. The van der Waals surface area contributed by atoms with E-state index >= 15 is 0 Å². The third kappa shape index (κ3) is 6.40. The molecule has 2 aromatic carbocycles. The maximum atomic E-state index is 6.22. The van der Waals surface area contributed by atoms with Crippen LogP contribution in [0.3, 0.4) is 0 Å². The van der Waals surface area contributed by atoms with Crippen molar-refractivity contribution in [3.8, 4) is 5.75 Å². The van der Waals surface area contributed by atoms with Gasteiger partial charge in [0.25, 0.3) is 0 Å². The summed E-state index contributed by atoms with van der Waals surface area (Å²) in [4.78, 5) is 0. The van der Waals surface area contributed by atoms with E-state index in [1.165, 1.54) is 0 Å². The highest BCUT2D eigenvalue weighted by Gasteiger charge is 2.18. The first kappa shape index (κ1) is 20.4. The van der Waals surface area contributed by atoms with Gasteiger partial charge in [-0.25, -0.2) is 0 Å². The van der Waals surface area contributed by atoms with Crippen LogP contribution in [-0.2, 0) is 6.54 Å². The van der Waals surface area contributed by atoms with Crippen molar-refractivity contribution in [2.24, 2.45) is 0 Å². The zero-order valence-electron chi connectivity index (χ0n) is 13.0. The molecule has 23 heavy (non-hydrogen) atoms. The molecule has 0 atom stereocenters. The van der Waals surface area contributed by atoms with Crippen molar-refractivity contribution in [3.05, 3.63) is 63.1 Å². The first-order valence-electron chi connectivity index (χ1n) is 7.01. The Morgan fingerprint density at radius 3 is 2.30 bits per heavy atom. The largest absolute Gasteiger partial charge is 1.00 e. The molecular formula is C17H19Cl4NO. The van der Waals surface area contributed by atoms with Gasteiger partial charge in [0.2, 0.25) is 0 Å². The van der Waals surface area contributed by atoms with E-state index < -0.39 is 0 Å². The smallest absolute Gasteiger partial charge is 0.138 e. The molecule has 0 aliphatic rings. The van der Waals surface area contributed by atoms with E-state index in [9.17, 15) is 0 Å². The van der Waals surface area contributed by atoms with Crippen LogP contribution in [0.4, 0.5) is 0 Å². The van der Waals surface area contributed by atoms with Gasteiger partial charge in [-0.15, -0.1) is 0 Å². The fourth-order valence-corrected chi connectivity index (χ4v) is 2.82. The lowest BCUT2D eigenvalue weighted by Gasteiger charge is -2.30. The van der Waals surface area contributed by atoms with Crippen LogP contribution in [0.25, 0.3) is 0 Å². The summed E-state index contributed by atoms with van der Waals surface area (Å²) in [6, 6.07) is 13.2. The second kappa shape index (κ2) is 9.00. The average molecular weight is 395 g/mol. The first-order valence-corrected chi connectivity index (χ1v) is 8.14. The number of nitrogens with zero attached hydrogens (tertiary/aromatic N) is 1. The molecule has 0 aliphatic heterocycles. The SMILES string of the molecule is C[N+](C)(CCOc1ccc(Cl)cc1Cl)Cc1ccccc1Cl.[Cl-]. The molecule has 0 radical (unpaired) electrons. The van der Waals surface area contributed by atoms with E-state index in [0.717, 1.165) is 28.2 Å². The van der Waals surface area contributed by atoms with E-state index in [-0.39, 0.29) is 12.4 Å². The summed E-state index contributed by atoms with van der Waals surface area (Å²) in [6.07, 6.45) is 0. The van der Waals surface area contributed by atoms with Gasteiger partial charge in [-0.05, 0) is 24.3 Å². The maximum Gasteiger partial charge on any atom is 0.138 e. The van der Waals surface area contributed by atoms with Crippen LogP contribution in [0.2, 0.25) is 15.1 Å². The minimum absolute atomic E-state index is 0. The molecule has 0 bridgehead atoms. The molecule has 0 saturated heterocycles. The quantitative estimate of drug-likeness (QED) is 0.683. The Bertz CT molecular complexity index is 646. The Hall–Kier alpha value is -0.640. The normalized spacial score (nSPS) is 11.0. The number of rotatable bonds is 6. The fourth-order valence-electron chi connectivity index (χ4n) is 2.16. The number of halogens is 4. The van der Waals surface area contributed by atoms with Gasteiger partial charge in [-0.3, -0.25) is 0 Å². The van der Waals surface area contributed by atoms with Gasteiger partial charge >= 0.3 is 0 Å². The molecular weight excluding hydrogens is 376 g/mol. The minimum Gasteiger partial charge on any atom is -1.00 e. The van der Waals surface area contributed by atoms with E-state index in [2.05, 4.69) is 20.2 Å². The van der Waals surface area contributed by atoms with Crippen molar-refractivity contribution in [3.63, 3.8) is 0 Å². The molecule has 0 heterocycles. The summed E-state index contributed by atoms with van der Waals surface area (Å²) in [5, 5.41) is 1.94. The summed E-state index contributed by atoms with van der Waals surface area (Å²) >= 11 is 18.2. The molecule has 0 saturated carbocycles. The molecule has 0 N–H and O–H groups in total. The molecule has 0 spiro atoms. The molecule has 126 valence electrons. The van der Waals surface area contributed by atoms with E-state index in [4.69, 9.17) is 39.5 Å². The number of hydrogen-bond acceptors (Lipinski definition) is 1. The van der Waals surface area contributed by atoms with E-state index in [1.54, 1.807) is 18.2 Å². The predicted octanol–water partition coefficient (Wildman–Crippen LogP) is 2.31. The number of quaternary nitrogens is 1. The van der Waals surface area contributed by atoms with Crippen molar-refractivity contribution in [1.82, 2.24) is 0 Å². The lowest BCUT2D eigenvalue weighted by molar-refractivity contribution is -0.903. The lowest BCUT2D eigenvalue weighted by atomic mass is 10.2. The van der Waals surface area contributed by atoms with E-state index in [0.29, 0.717) is 22.4 Å². The average Bonchev–Trinajstić information content (AvgIpc) is 2.43. The van der Waals surface area contributed by atoms with Crippen LogP contribution >= 0.6 is 34.8 Å². The van der Waals surface area contributed by atoms with Crippen LogP contribution < -0.4 is 17.1 Å². The van der Waals surface area contributed by atoms with Crippen LogP contribution in [0, 0.1) is 0 Å². The van der Waals surface area contributed by atoms with Crippen LogP contribution in [0.5, 0.6) is 5.75 Å². The zero-order chi connectivity index (χ0) is 16.2. The number of ether oxygens (including phenoxy) is 1. The summed E-state index contributed by atoms with van der Waals surface area (Å²) < 4.78 is 6.53. The summed E-state index contributed by atoms with van der Waals surface area (Å²) in [5.74, 6) is 0.656. The Morgan fingerprint density at radius 2 is 1.65 bits per heavy atom. The molecule has 0 fully saturated rings. The summed E-state index contributed by atoms with van der Waals surface area (Å²) in [6.45, 7) is 2.25. The number of hydrogen-bond donors (Lipinski definition) is 0. The third-order valence-electron chi connectivity index (χ3n) is 3.40. The van der Waals surface area contributed by atoms with Crippen molar-refractivity contribution < 1.29 is 21.6 Å². The van der Waals surface area contributed by atoms with Gasteiger partial charge in [0.15, 0.2) is 0 Å². The predicted molar refractivity (Wildman–Crippen MR) is 94.1 cm³/mol. The Kier molecular flexibility index (Phi) is 7.99. The topological polar surface area (TPSA) is 9.23 Å². The highest BCUT2D eigenvalue weighted by Crippen LogP contribution is 2.27. The van der Waals surface area contributed by atoms with E-state index in [1.807, 2.05) is 18.2 Å². The molecule has 2 rings (SSSR count). The molecule has 0 aliphatic carbocycles. The molecule has 2 nitrogen and oxygen atoms in total. The van der Waals surface area contributed by atoms with Gasteiger partial charge in [0, 0.05) is 15.6 Å². The van der Waals surface area contributed by atoms with Crippen molar-refractivity contribution in [2.45, 2.75) is 6.54 Å². The minimum atomic E-state index is 0. The van der Waals surface area contributed by atoms with Gasteiger partial charge in [0.05, 0.1) is 19.1 Å². The Morgan fingerprint density at radius 1 is 0.957 bits per heavy atom. The Labute approximate surface area is 158 Å². The summed E-state index contributed by atoms with van der Waals surface area (Å²) in [5.41, 5.74) is 1.14. The molecule has 0 amide bonds. The second-order valence-electron chi connectivity index (χ2n) is 5.83. The van der Waals surface area contributed by atoms with Crippen molar-refractivity contribution in [1.29, 1.82) is 0 Å². The zero-order valence-corrected chi connectivity index (χ0v) is 16.1. The lowest BCUT2D eigenvalue weighted by Crippen LogP contribution is -3.00. The monoisotopic (exact) mass is 393 g/mol. The van der Waals surface area contributed by atoms with Crippen LogP contribution in [-0.4, -0.2) is 31.7 Å². The molecule has 0 aromatic heterocycles. The third-order valence-corrected chi connectivity index (χ3v) is 4.30. The van der Waals surface area contributed by atoms with Crippen LogP contribution in [0.1, 0.15) is 5.56 Å². The standard InChI is InChI=1S/C17H19Cl3NO.ClH/c1-21(2,12-13-5-3-4-6-15(13)19)9-10-22-17-8-7-14(18)11-16(17)20;/h3-8,11H,9-10,12H2,1-2H3;1H/q+1;/p-1. The number of benzene rings is 2. The Balaban J connectivity index is 0.00000264. The highest BCUT2D eigenvalue weighted by atomic mass is 35.5. The van der Waals surface area contributed by atoms with Crippen LogP contribution in [0.15, 0.2) is 42.5 Å². The van der Waals surface area contributed by atoms with Gasteiger partial charge in [0.1, 0.15) is 25.4 Å². The van der Waals surface area contributed by atoms with Crippen molar-refractivity contribution >= 4 is 34.8 Å².